The summed E-state index contributed by atoms with van der Waals surface area (Å²) in [4.78, 5) is 21.4. The van der Waals surface area contributed by atoms with E-state index < -0.39 is 45.9 Å². The Hall–Kier alpha value is -4.77. The summed E-state index contributed by atoms with van der Waals surface area (Å²) in [6, 6.07) is 12.6. The molecule has 0 fully saturated rings. The number of fused-ring (bicyclic) bond motifs is 2. The number of ether oxygens (including phenoxy) is 1. The Morgan fingerprint density at radius 1 is 0.959 bits per heavy atom. The normalized spacial score (nSPS) is 14.1. The van der Waals surface area contributed by atoms with Crippen molar-refractivity contribution >= 4 is 49.0 Å². The lowest BCUT2D eigenvalue weighted by molar-refractivity contribution is -0.372. The zero-order valence-electron chi connectivity index (χ0n) is 26.6. The predicted octanol–water partition coefficient (Wildman–Crippen LogP) is 7.95. The van der Waals surface area contributed by atoms with E-state index in [4.69, 9.17) is 4.74 Å². The van der Waals surface area contributed by atoms with Gasteiger partial charge in [-0.05, 0) is 75.7 Å². The molecular weight excluding hydrogens is 678 g/mol. The molecule has 0 spiro atoms. The number of nitrogens with zero attached hydrogens (tertiary/aromatic N) is 5. The lowest BCUT2D eigenvalue weighted by Gasteiger charge is -2.32. The van der Waals surface area contributed by atoms with Gasteiger partial charge in [-0.1, -0.05) is 6.07 Å². The van der Waals surface area contributed by atoms with E-state index in [-0.39, 0.29) is 10.9 Å². The van der Waals surface area contributed by atoms with Gasteiger partial charge in [0, 0.05) is 51.0 Å². The molecule has 17 heteroatoms. The van der Waals surface area contributed by atoms with Gasteiger partial charge in [0.25, 0.3) is 5.60 Å². The van der Waals surface area contributed by atoms with E-state index >= 15 is 0 Å². The van der Waals surface area contributed by atoms with Gasteiger partial charge in [-0.3, -0.25) is 9.67 Å². The largest absolute Gasteiger partial charge is 0.442 e. The Morgan fingerprint density at radius 3 is 2.22 bits per heavy atom. The van der Waals surface area contributed by atoms with E-state index in [1.807, 2.05) is 0 Å². The van der Waals surface area contributed by atoms with Crippen molar-refractivity contribution in [3.63, 3.8) is 0 Å². The number of aliphatic hydroxyl groups is 1. The highest BCUT2D eigenvalue weighted by molar-refractivity contribution is 7.93. The quantitative estimate of drug-likeness (QED) is 0.170. The molecule has 0 aliphatic rings. The maximum atomic E-state index is 13.4. The van der Waals surface area contributed by atoms with Crippen molar-refractivity contribution in [1.29, 1.82) is 0 Å². The molecule has 0 radical (unpaired) electrons. The molecule has 5 aromatic rings. The van der Waals surface area contributed by atoms with Gasteiger partial charge in [0.15, 0.2) is 0 Å². The molecule has 3 aromatic heterocycles. The highest BCUT2D eigenvalue weighted by Crippen LogP contribution is 2.44. The van der Waals surface area contributed by atoms with Crippen LogP contribution in [-0.2, 0) is 21.0 Å². The Bertz CT molecular complexity index is 2170. The average Bonchev–Trinajstić information content (AvgIpc) is 3.38. The zero-order chi connectivity index (χ0) is 36.2. The van der Waals surface area contributed by atoms with E-state index in [1.54, 1.807) is 70.3 Å². The monoisotopic (exact) mass is 708 g/mol. The van der Waals surface area contributed by atoms with Crippen molar-refractivity contribution in [1.82, 2.24) is 19.7 Å². The fourth-order valence-electron chi connectivity index (χ4n) is 4.99. The molecule has 49 heavy (non-hydrogen) atoms. The van der Waals surface area contributed by atoms with Gasteiger partial charge >= 0.3 is 18.4 Å². The van der Waals surface area contributed by atoms with Crippen LogP contribution in [0.25, 0.3) is 32.9 Å². The third kappa shape index (κ3) is 7.17. The topological polar surface area (TPSA) is 132 Å². The average molecular weight is 709 g/mol. The fraction of sp³-hybridized carbons (Fsp3) is 0.312. The number of aromatic nitrogens is 4. The molecule has 0 bridgehead atoms. The van der Waals surface area contributed by atoms with Gasteiger partial charge in [-0.2, -0.15) is 31.4 Å². The highest BCUT2D eigenvalue weighted by Gasteiger charge is 2.70. The van der Waals surface area contributed by atoms with Crippen molar-refractivity contribution < 1.29 is 45.2 Å². The van der Waals surface area contributed by atoms with Gasteiger partial charge in [-0.15, -0.1) is 4.36 Å². The fourth-order valence-corrected chi connectivity index (χ4v) is 6.06. The van der Waals surface area contributed by atoms with E-state index in [9.17, 15) is 40.5 Å². The highest BCUT2D eigenvalue weighted by atomic mass is 32.2. The first kappa shape index (κ1) is 35.5. The third-order valence-corrected chi connectivity index (χ3v) is 9.17. The number of aryl methyl sites for hydroxylation is 1. The maximum Gasteiger partial charge on any atom is 0.442 e. The van der Waals surface area contributed by atoms with Gasteiger partial charge in [0.2, 0.25) is 0 Å². The van der Waals surface area contributed by atoms with Crippen LogP contribution in [0.3, 0.4) is 0 Å². The van der Waals surface area contributed by atoms with Crippen LogP contribution < -0.4 is 5.32 Å². The van der Waals surface area contributed by atoms with Crippen LogP contribution >= 0.6 is 0 Å². The van der Waals surface area contributed by atoms with Crippen LogP contribution in [0.1, 0.15) is 26.3 Å². The molecule has 1 atom stereocenters. The first-order chi connectivity index (χ1) is 22.6. The lowest BCUT2D eigenvalue weighted by atomic mass is 9.98. The molecule has 260 valence electrons. The van der Waals surface area contributed by atoms with Crippen molar-refractivity contribution in [2.24, 2.45) is 4.36 Å². The minimum Gasteiger partial charge on any atom is -0.442 e. The summed E-state index contributed by atoms with van der Waals surface area (Å²) in [5, 5.41) is 18.2. The van der Waals surface area contributed by atoms with Gasteiger partial charge in [0.1, 0.15) is 11.4 Å². The lowest BCUT2D eigenvalue weighted by Crippen LogP contribution is -2.59. The van der Waals surface area contributed by atoms with Crippen LogP contribution in [0.15, 0.2) is 76.4 Å². The molecule has 0 saturated carbocycles. The number of amides is 1. The number of hydrogen-bond donors (Lipinski definition) is 2. The minimum absolute atomic E-state index is 0.0456. The summed E-state index contributed by atoms with van der Waals surface area (Å²) >= 11 is 0. The number of halogens is 6. The SMILES string of the molecule is Cc1c(-c2nccc3cnc(Nc4ccc(S(C)(=O)=NC(=O)OC(C)(C)C)cc4)cc23)ccc2c1cnn2CC(O)(C(F)(F)F)C(F)(F)F. The number of carbonyl (C=O) groups is 1. The summed E-state index contributed by atoms with van der Waals surface area (Å²) in [7, 11) is -3.10. The number of rotatable bonds is 6. The maximum absolute atomic E-state index is 13.4. The molecule has 0 aliphatic heterocycles. The molecule has 5 rings (SSSR count). The second kappa shape index (κ2) is 12.3. The van der Waals surface area contributed by atoms with E-state index in [1.165, 1.54) is 24.6 Å². The van der Waals surface area contributed by atoms with Gasteiger partial charge in [0.05, 0.1) is 33.7 Å². The smallest absolute Gasteiger partial charge is 0.442 e. The Labute approximate surface area is 276 Å². The first-order valence-corrected chi connectivity index (χ1v) is 16.4. The summed E-state index contributed by atoms with van der Waals surface area (Å²) in [6.45, 7) is 4.76. The Balaban J connectivity index is 1.45. The Morgan fingerprint density at radius 2 is 1.61 bits per heavy atom. The van der Waals surface area contributed by atoms with Crippen LogP contribution in [0, 0.1) is 6.92 Å². The zero-order valence-corrected chi connectivity index (χ0v) is 27.5. The van der Waals surface area contributed by atoms with E-state index in [2.05, 4.69) is 24.7 Å². The molecule has 2 N–H and O–H groups in total. The number of benzene rings is 2. The van der Waals surface area contributed by atoms with Gasteiger partial charge in [-0.25, -0.2) is 14.0 Å². The molecule has 1 unspecified atom stereocenters. The van der Waals surface area contributed by atoms with Crippen molar-refractivity contribution in [3.05, 3.63) is 72.7 Å². The third-order valence-electron chi connectivity index (χ3n) is 7.52. The number of carbonyl (C=O) groups excluding carboxylic acids is 1. The van der Waals surface area contributed by atoms with Crippen LogP contribution in [0.5, 0.6) is 0 Å². The number of hydrogen-bond acceptors (Lipinski definition) is 8. The second-order valence-electron chi connectivity index (χ2n) is 12.3. The molecule has 0 aliphatic carbocycles. The number of pyridine rings is 2. The summed E-state index contributed by atoms with van der Waals surface area (Å²) in [6.07, 6.45) is -7.34. The molecular formula is C32H30F6N6O4S. The standard InChI is InChI=1S/C32H30F6N6O4S/c1-18-22(10-11-25-24(18)16-41-44(25)17-30(46,31(33,34)35)32(36,37)38)27-23-14-26(40-15-19(23)12-13-39-27)42-20-6-8-21(9-7-20)49(5,47)43-28(45)48-29(2,3)4/h6-16,46H,17H2,1-5H3,(H,40,42). The van der Waals surface area contributed by atoms with Crippen molar-refractivity contribution in [3.8, 4) is 11.3 Å². The van der Waals surface area contributed by atoms with E-state index in [0.717, 1.165) is 6.20 Å². The molecule has 10 nitrogen and oxygen atoms in total. The van der Waals surface area contributed by atoms with Crippen LogP contribution in [0.2, 0.25) is 0 Å². The molecule has 0 saturated heterocycles. The minimum atomic E-state index is -6.00. The first-order valence-electron chi connectivity index (χ1n) is 14.5. The molecule has 3 heterocycles. The number of anilines is 2. The second-order valence-corrected chi connectivity index (χ2v) is 14.6. The van der Waals surface area contributed by atoms with Crippen LogP contribution in [0.4, 0.5) is 42.6 Å². The summed E-state index contributed by atoms with van der Waals surface area (Å²) in [5.74, 6) is 0.398. The van der Waals surface area contributed by atoms with Gasteiger partial charge < -0.3 is 15.2 Å². The van der Waals surface area contributed by atoms with Crippen molar-refractivity contribution in [2.75, 3.05) is 11.6 Å². The number of alkyl halides is 6. The molecule has 1 amide bonds. The van der Waals surface area contributed by atoms with Crippen molar-refractivity contribution in [2.45, 2.75) is 62.7 Å². The number of nitrogens with one attached hydrogen (secondary N) is 1. The Kier molecular flexibility index (Phi) is 8.91. The molecule has 2 aromatic carbocycles. The van der Waals surface area contributed by atoms with Crippen LogP contribution in [-0.4, -0.2) is 65.0 Å². The predicted molar refractivity (Wildman–Crippen MR) is 171 cm³/mol. The summed E-state index contributed by atoms with van der Waals surface area (Å²) < 4.78 is 103. The summed E-state index contributed by atoms with van der Waals surface area (Å²) in [5.41, 5.74) is -3.81. The van der Waals surface area contributed by atoms with E-state index in [0.29, 0.717) is 48.7 Å².